The first kappa shape index (κ1) is 14.5. The van der Waals surface area contributed by atoms with Gasteiger partial charge < -0.3 is 5.32 Å². The van der Waals surface area contributed by atoms with E-state index in [1.165, 1.54) is 4.68 Å². The summed E-state index contributed by atoms with van der Waals surface area (Å²) in [5.41, 5.74) is 0.754. The van der Waals surface area contributed by atoms with Gasteiger partial charge >= 0.3 is 5.69 Å². The summed E-state index contributed by atoms with van der Waals surface area (Å²) < 4.78 is 1.40. The summed E-state index contributed by atoms with van der Waals surface area (Å²) in [7, 11) is 0. The summed E-state index contributed by atoms with van der Waals surface area (Å²) in [5.74, 6) is 0.514. The molecule has 1 aliphatic rings. The normalized spacial score (nSPS) is 21.9. The van der Waals surface area contributed by atoms with Crippen LogP contribution in [0.15, 0.2) is 0 Å². The van der Waals surface area contributed by atoms with Crippen molar-refractivity contribution >= 4 is 11.6 Å². The lowest BCUT2D eigenvalue weighted by atomic mass is 10.1. The maximum absolute atomic E-state index is 12.0. The Morgan fingerprint density at radius 1 is 1.50 bits per heavy atom. The van der Waals surface area contributed by atoms with E-state index >= 15 is 0 Å². The van der Waals surface area contributed by atoms with E-state index in [1.54, 1.807) is 13.8 Å². The summed E-state index contributed by atoms with van der Waals surface area (Å²) in [6.07, 6.45) is 3.14. The van der Waals surface area contributed by atoms with Crippen LogP contribution in [0.1, 0.15) is 37.6 Å². The smallest absolute Gasteiger partial charge is 0.312 e. The molecule has 1 aliphatic carbocycles. The van der Waals surface area contributed by atoms with Crippen LogP contribution in [0.5, 0.6) is 0 Å². The lowest BCUT2D eigenvalue weighted by molar-refractivity contribution is -0.386. The minimum atomic E-state index is -0.454. The Labute approximate surface area is 117 Å². The van der Waals surface area contributed by atoms with E-state index in [2.05, 4.69) is 17.3 Å². The Bertz CT molecular complexity index is 538. The summed E-state index contributed by atoms with van der Waals surface area (Å²) >= 11 is 0. The summed E-state index contributed by atoms with van der Waals surface area (Å²) in [6.45, 7) is 5.41. The van der Waals surface area contributed by atoms with Gasteiger partial charge in [0.15, 0.2) is 0 Å². The Morgan fingerprint density at radius 3 is 2.70 bits per heavy atom. The standard InChI is InChI=1S/C13H20N4O3/c1-8-4-5-11(6-8)14-12(18)7-16-10(3)13(17(19)20)9(2)15-16/h8,11H,4-7H2,1-3H3,(H,14,18). The van der Waals surface area contributed by atoms with Gasteiger partial charge in [-0.1, -0.05) is 6.92 Å². The predicted octanol–water partition coefficient (Wildman–Crippen LogP) is 1.71. The van der Waals surface area contributed by atoms with Gasteiger partial charge in [-0.3, -0.25) is 19.6 Å². The van der Waals surface area contributed by atoms with Crippen molar-refractivity contribution in [2.45, 2.75) is 52.6 Å². The Kier molecular flexibility index (Phi) is 4.06. The SMILES string of the molecule is Cc1nn(CC(=O)NC2CCC(C)C2)c(C)c1[N+](=O)[O-]. The van der Waals surface area contributed by atoms with Crippen LogP contribution in [0.25, 0.3) is 0 Å². The molecule has 1 aromatic heterocycles. The molecule has 0 saturated heterocycles. The first-order chi connectivity index (χ1) is 9.38. The molecule has 7 heteroatoms. The van der Waals surface area contributed by atoms with Gasteiger partial charge in [-0.2, -0.15) is 5.10 Å². The molecule has 0 bridgehead atoms. The third-order valence-corrected chi connectivity index (χ3v) is 3.88. The fraction of sp³-hybridized carbons (Fsp3) is 0.692. The summed E-state index contributed by atoms with van der Waals surface area (Å²) in [4.78, 5) is 22.4. The van der Waals surface area contributed by atoms with Crippen molar-refractivity contribution in [3.05, 3.63) is 21.5 Å². The van der Waals surface area contributed by atoms with Crippen LogP contribution in [0.2, 0.25) is 0 Å². The number of aromatic nitrogens is 2. The largest absolute Gasteiger partial charge is 0.352 e. The Balaban J connectivity index is 2.01. The van der Waals surface area contributed by atoms with Gasteiger partial charge in [0.1, 0.15) is 17.9 Å². The van der Waals surface area contributed by atoms with Crippen molar-refractivity contribution in [3.63, 3.8) is 0 Å². The van der Waals surface area contributed by atoms with Gasteiger partial charge in [-0.05, 0) is 39.0 Å². The van der Waals surface area contributed by atoms with E-state index in [0.717, 1.165) is 19.3 Å². The van der Waals surface area contributed by atoms with Gasteiger partial charge in [-0.25, -0.2) is 0 Å². The minimum absolute atomic E-state index is 0.00714. The molecule has 0 spiro atoms. The number of hydrogen-bond donors (Lipinski definition) is 1. The van der Waals surface area contributed by atoms with Crippen molar-refractivity contribution in [1.29, 1.82) is 0 Å². The van der Waals surface area contributed by atoms with Gasteiger partial charge in [0, 0.05) is 6.04 Å². The zero-order valence-electron chi connectivity index (χ0n) is 12.0. The van der Waals surface area contributed by atoms with Crippen molar-refractivity contribution < 1.29 is 9.72 Å². The van der Waals surface area contributed by atoms with Crippen LogP contribution >= 0.6 is 0 Å². The first-order valence-corrected chi connectivity index (χ1v) is 6.86. The molecule has 0 radical (unpaired) electrons. The number of nitro groups is 1. The van der Waals surface area contributed by atoms with Crippen molar-refractivity contribution in [1.82, 2.24) is 15.1 Å². The number of nitrogens with one attached hydrogen (secondary N) is 1. The molecular weight excluding hydrogens is 260 g/mol. The highest BCUT2D eigenvalue weighted by molar-refractivity contribution is 5.76. The van der Waals surface area contributed by atoms with Gasteiger partial charge in [0.25, 0.3) is 0 Å². The molecule has 2 unspecified atom stereocenters. The monoisotopic (exact) mass is 280 g/mol. The lowest BCUT2D eigenvalue weighted by Gasteiger charge is -2.12. The number of rotatable bonds is 4. The van der Waals surface area contributed by atoms with Gasteiger partial charge in [0.05, 0.1) is 4.92 Å². The van der Waals surface area contributed by atoms with E-state index in [0.29, 0.717) is 17.3 Å². The molecule has 0 aliphatic heterocycles. The highest BCUT2D eigenvalue weighted by Crippen LogP contribution is 2.25. The highest BCUT2D eigenvalue weighted by Gasteiger charge is 2.25. The molecule has 20 heavy (non-hydrogen) atoms. The van der Waals surface area contributed by atoms with E-state index < -0.39 is 4.92 Å². The average Bonchev–Trinajstić information content (AvgIpc) is 2.84. The average molecular weight is 280 g/mol. The Hall–Kier alpha value is -1.92. The van der Waals surface area contributed by atoms with Crippen LogP contribution in [0.3, 0.4) is 0 Å². The number of carbonyl (C=O) groups excluding carboxylic acids is 1. The molecular formula is C13H20N4O3. The maximum Gasteiger partial charge on any atom is 0.312 e. The number of nitrogens with zero attached hydrogens (tertiary/aromatic N) is 3. The summed E-state index contributed by atoms with van der Waals surface area (Å²) in [6, 6.07) is 0.226. The van der Waals surface area contributed by atoms with Crippen LogP contribution in [0, 0.1) is 29.9 Å². The second-order valence-electron chi connectivity index (χ2n) is 5.62. The van der Waals surface area contributed by atoms with E-state index in [-0.39, 0.29) is 24.2 Å². The predicted molar refractivity (Wildman–Crippen MR) is 73.3 cm³/mol. The molecule has 0 aromatic carbocycles. The van der Waals surface area contributed by atoms with Crippen LogP contribution in [0.4, 0.5) is 5.69 Å². The van der Waals surface area contributed by atoms with Crippen molar-refractivity contribution in [2.75, 3.05) is 0 Å². The highest BCUT2D eigenvalue weighted by atomic mass is 16.6. The molecule has 1 amide bonds. The second kappa shape index (κ2) is 5.60. The van der Waals surface area contributed by atoms with Gasteiger partial charge in [0.2, 0.25) is 5.91 Å². The topological polar surface area (TPSA) is 90.1 Å². The molecule has 110 valence electrons. The van der Waals surface area contributed by atoms with Gasteiger partial charge in [-0.15, -0.1) is 0 Å². The van der Waals surface area contributed by atoms with Crippen molar-refractivity contribution in [2.24, 2.45) is 5.92 Å². The van der Waals surface area contributed by atoms with Crippen LogP contribution in [-0.4, -0.2) is 26.7 Å². The number of aryl methyl sites for hydroxylation is 1. The zero-order chi connectivity index (χ0) is 14.9. The van der Waals surface area contributed by atoms with Crippen LogP contribution in [-0.2, 0) is 11.3 Å². The molecule has 2 atom stereocenters. The number of hydrogen-bond acceptors (Lipinski definition) is 4. The molecule has 2 rings (SSSR count). The lowest BCUT2D eigenvalue weighted by Crippen LogP contribution is -2.35. The zero-order valence-corrected chi connectivity index (χ0v) is 12.0. The second-order valence-corrected chi connectivity index (χ2v) is 5.62. The molecule has 1 aromatic rings. The first-order valence-electron chi connectivity index (χ1n) is 6.86. The number of amides is 1. The minimum Gasteiger partial charge on any atom is -0.352 e. The number of carbonyl (C=O) groups is 1. The molecule has 1 heterocycles. The maximum atomic E-state index is 12.0. The fourth-order valence-electron chi connectivity index (χ4n) is 2.85. The third-order valence-electron chi connectivity index (χ3n) is 3.88. The fourth-order valence-corrected chi connectivity index (χ4v) is 2.85. The van der Waals surface area contributed by atoms with E-state index in [9.17, 15) is 14.9 Å². The Morgan fingerprint density at radius 2 is 2.20 bits per heavy atom. The molecule has 7 nitrogen and oxygen atoms in total. The van der Waals surface area contributed by atoms with Crippen molar-refractivity contribution in [3.8, 4) is 0 Å². The van der Waals surface area contributed by atoms with E-state index in [4.69, 9.17) is 0 Å². The quantitative estimate of drug-likeness (QED) is 0.671. The molecule has 1 fully saturated rings. The third kappa shape index (κ3) is 2.97. The van der Waals surface area contributed by atoms with E-state index in [1.807, 2.05) is 0 Å². The summed E-state index contributed by atoms with van der Waals surface area (Å²) in [5, 5.41) is 18.0. The molecule has 1 N–H and O–H groups in total. The van der Waals surface area contributed by atoms with Crippen LogP contribution < -0.4 is 5.32 Å². The molecule has 1 saturated carbocycles.